The Hall–Kier alpha value is -1.55. The summed E-state index contributed by atoms with van der Waals surface area (Å²) < 4.78 is 2.36. The maximum Gasteiger partial charge on any atom is 0.112 e. The summed E-state index contributed by atoms with van der Waals surface area (Å²) in [5.41, 5.74) is 8.84. The molecule has 3 rings (SSSR count). The number of benzene rings is 1. The van der Waals surface area contributed by atoms with E-state index in [2.05, 4.69) is 17.6 Å². The molecule has 2 aromatic rings. The van der Waals surface area contributed by atoms with Crippen LogP contribution in [-0.4, -0.2) is 21.3 Å². The first-order chi connectivity index (χ1) is 9.69. The lowest BCUT2D eigenvalue weighted by Gasteiger charge is -2.11. The number of aromatic nitrogens is 2. The minimum Gasteiger partial charge on any atom is -0.399 e. The van der Waals surface area contributed by atoms with Gasteiger partial charge in [-0.05, 0) is 49.8 Å². The van der Waals surface area contributed by atoms with Crippen molar-refractivity contribution in [3.63, 3.8) is 0 Å². The van der Waals surface area contributed by atoms with Gasteiger partial charge in [-0.3, -0.25) is 0 Å². The van der Waals surface area contributed by atoms with Gasteiger partial charge in [0.15, 0.2) is 0 Å². The number of aliphatic hydroxyl groups is 1. The summed E-state index contributed by atoms with van der Waals surface area (Å²) in [6, 6.07) is 6.00. The number of nitrogen functional groups attached to an aromatic ring is 1. The quantitative estimate of drug-likeness (QED) is 0.795. The van der Waals surface area contributed by atoms with Crippen molar-refractivity contribution in [2.45, 2.75) is 45.1 Å². The van der Waals surface area contributed by atoms with E-state index in [4.69, 9.17) is 15.8 Å². The van der Waals surface area contributed by atoms with E-state index in [0.717, 1.165) is 30.6 Å². The molecule has 1 unspecified atom stereocenters. The van der Waals surface area contributed by atoms with E-state index >= 15 is 0 Å². The van der Waals surface area contributed by atoms with Crippen molar-refractivity contribution >= 4 is 16.7 Å². The van der Waals surface area contributed by atoms with E-state index in [1.54, 1.807) is 0 Å². The number of hydrogen-bond acceptors (Lipinski definition) is 3. The van der Waals surface area contributed by atoms with Gasteiger partial charge in [0.25, 0.3) is 0 Å². The molecule has 0 amide bonds. The minimum absolute atomic E-state index is 0.274. The van der Waals surface area contributed by atoms with Crippen molar-refractivity contribution in [2.24, 2.45) is 5.92 Å². The molecule has 1 heterocycles. The zero-order chi connectivity index (χ0) is 14.1. The summed E-state index contributed by atoms with van der Waals surface area (Å²) in [6.45, 7) is 3.35. The fourth-order valence-electron chi connectivity index (χ4n) is 2.74. The number of anilines is 1. The summed E-state index contributed by atoms with van der Waals surface area (Å²) in [6.07, 6.45) is 4.64. The van der Waals surface area contributed by atoms with E-state index in [0.29, 0.717) is 11.8 Å². The summed E-state index contributed by atoms with van der Waals surface area (Å²) >= 11 is 0. The van der Waals surface area contributed by atoms with E-state index in [-0.39, 0.29) is 6.61 Å². The minimum atomic E-state index is 0.274. The summed E-state index contributed by atoms with van der Waals surface area (Å²) in [5.74, 6) is 2.24. The predicted molar refractivity (Wildman–Crippen MR) is 81.6 cm³/mol. The van der Waals surface area contributed by atoms with Gasteiger partial charge in [0.1, 0.15) is 5.82 Å². The molecule has 1 saturated carbocycles. The Labute approximate surface area is 119 Å². The Morgan fingerprint density at radius 1 is 1.45 bits per heavy atom. The molecule has 108 valence electrons. The van der Waals surface area contributed by atoms with Crippen LogP contribution in [0.1, 0.15) is 44.3 Å². The normalized spacial score (nSPS) is 16.7. The van der Waals surface area contributed by atoms with Gasteiger partial charge in [-0.1, -0.05) is 6.92 Å². The van der Waals surface area contributed by atoms with Gasteiger partial charge in [0.2, 0.25) is 0 Å². The lowest BCUT2D eigenvalue weighted by molar-refractivity contribution is 0.226. The fraction of sp³-hybridized carbons (Fsp3) is 0.562. The number of imidazole rings is 1. The van der Waals surface area contributed by atoms with Crippen molar-refractivity contribution in [3.05, 3.63) is 24.0 Å². The van der Waals surface area contributed by atoms with Crippen molar-refractivity contribution in [1.82, 2.24) is 9.55 Å². The van der Waals surface area contributed by atoms with Crippen molar-refractivity contribution in [3.8, 4) is 0 Å². The topological polar surface area (TPSA) is 64.1 Å². The first-order valence-electron chi connectivity index (χ1n) is 7.55. The highest BCUT2D eigenvalue weighted by atomic mass is 16.3. The maximum atomic E-state index is 9.11. The smallest absolute Gasteiger partial charge is 0.112 e. The second-order valence-electron chi connectivity index (χ2n) is 6.07. The lowest BCUT2D eigenvalue weighted by atomic mass is 10.1. The van der Waals surface area contributed by atoms with Gasteiger partial charge >= 0.3 is 0 Å². The Bertz CT molecular complexity index is 601. The molecule has 0 bridgehead atoms. The van der Waals surface area contributed by atoms with Crippen molar-refractivity contribution < 1.29 is 5.11 Å². The van der Waals surface area contributed by atoms with Gasteiger partial charge in [-0.15, -0.1) is 0 Å². The molecule has 20 heavy (non-hydrogen) atoms. The third-order valence-electron chi connectivity index (χ3n) is 4.13. The molecule has 0 saturated heterocycles. The average molecular weight is 273 g/mol. The van der Waals surface area contributed by atoms with Crippen LogP contribution < -0.4 is 5.73 Å². The summed E-state index contributed by atoms with van der Waals surface area (Å²) in [7, 11) is 0. The first kappa shape index (κ1) is 13.4. The number of fused-ring (bicyclic) bond motifs is 1. The fourth-order valence-corrected chi connectivity index (χ4v) is 2.74. The van der Waals surface area contributed by atoms with Gasteiger partial charge in [-0.2, -0.15) is 0 Å². The number of nitrogens with zero attached hydrogens (tertiary/aromatic N) is 2. The van der Waals surface area contributed by atoms with Crippen LogP contribution in [0.5, 0.6) is 0 Å². The lowest BCUT2D eigenvalue weighted by Crippen LogP contribution is -2.06. The number of hydrogen-bond donors (Lipinski definition) is 2. The number of aryl methyl sites for hydroxylation is 1. The molecule has 3 N–H and O–H groups in total. The average Bonchev–Trinajstić information content (AvgIpc) is 3.22. The molecule has 0 aliphatic heterocycles. The third kappa shape index (κ3) is 2.66. The Kier molecular flexibility index (Phi) is 3.66. The van der Waals surface area contributed by atoms with Crippen LogP contribution in [0, 0.1) is 5.92 Å². The highest BCUT2D eigenvalue weighted by Crippen LogP contribution is 2.41. The van der Waals surface area contributed by atoms with E-state index in [9.17, 15) is 0 Å². The third-order valence-corrected chi connectivity index (χ3v) is 4.13. The Balaban J connectivity index is 1.85. The number of nitrogens with two attached hydrogens (primary N) is 1. The van der Waals surface area contributed by atoms with Gasteiger partial charge in [0, 0.05) is 24.8 Å². The highest BCUT2D eigenvalue weighted by Gasteiger charge is 2.29. The summed E-state index contributed by atoms with van der Waals surface area (Å²) in [4.78, 5) is 4.79. The molecule has 0 spiro atoms. The number of rotatable bonds is 6. The van der Waals surface area contributed by atoms with Crippen LogP contribution in [0.15, 0.2) is 18.2 Å². The first-order valence-corrected chi connectivity index (χ1v) is 7.55. The molecule has 1 aliphatic carbocycles. The molecule has 1 aliphatic rings. The molecule has 1 atom stereocenters. The second-order valence-corrected chi connectivity index (χ2v) is 6.07. The van der Waals surface area contributed by atoms with Gasteiger partial charge in [0.05, 0.1) is 11.0 Å². The van der Waals surface area contributed by atoms with Crippen LogP contribution in [0.25, 0.3) is 11.0 Å². The molecule has 1 aromatic heterocycles. The standard InChI is InChI=1S/C16H23N3O/c1-11(10-20)3-2-8-19-15-7-6-13(17)9-14(15)18-16(19)12-4-5-12/h6-7,9,11-12,20H,2-5,8,10,17H2,1H3. The van der Waals surface area contributed by atoms with E-state index in [1.807, 2.05) is 12.1 Å². The van der Waals surface area contributed by atoms with Crippen LogP contribution in [0.4, 0.5) is 5.69 Å². The van der Waals surface area contributed by atoms with E-state index < -0.39 is 0 Å². The van der Waals surface area contributed by atoms with E-state index in [1.165, 1.54) is 24.2 Å². The summed E-state index contributed by atoms with van der Waals surface area (Å²) in [5, 5.41) is 9.11. The largest absolute Gasteiger partial charge is 0.399 e. The van der Waals surface area contributed by atoms with Gasteiger partial charge in [-0.25, -0.2) is 4.98 Å². The van der Waals surface area contributed by atoms with Crippen molar-refractivity contribution in [1.29, 1.82) is 0 Å². The molecular formula is C16H23N3O. The molecule has 4 nitrogen and oxygen atoms in total. The SMILES string of the molecule is CC(CO)CCCn1c(C2CC2)nc2cc(N)ccc21. The molecule has 1 aromatic carbocycles. The predicted octanol–water partition coefficient (Wildman–Crippen LogP) is 2.90. The molecular weight excluding hydrogens is 250 g/mol. The van der Waals surface area contributed by atoms with Crippen LogP contribution in [0.3, 0.4) is 0 Å². The highest BCUT2D eigenvalue weighted by molar-refractivity contribution is 5.79. The molecule has 4 heteroatoms. The molecule has 0 radical (unpaired) electrons. The monoisotopic (exact) mass is 273 g/mol. The Morgan fingerprint density at radius 2 is 2.25 bits per heavy atom. The van der Waals surface area contributed by atoms with Crippen molar-refractivity contribution in [2.75, 3.05) is 12.3 Å². The second kappa shape index (κ2) is 5.44. The van der Waals surface area contributed by atoms with Crippen LogP contribution >= 0.6 is 0 Å². The molecule has 1 fully saturated rings. The zero-order valence-electron chi connectivity index (χ0n) is 12.0. The Morgan fingerprint density at radius 3 is 2.95 bits per heavy atom. The zero-order valence-corrected chi connectivity index (χ0v) is 12.0. The van der Waals surface area contributed by atoms with Crippen LogP contribution in [0.2, 0.25) is 0 Å². The van der Waals surface area contributed by atoms with Gasteiger partial charge < -0.3 is 15.4 Å². The number of aliphatic hydroxyl groups excluding tert-OH is 1. The van der Waals surface area contributed by atoms with Crippen LogP contribution in [-0.2, 0) is 6.54 Å². The maximum absolute atomic E-state index is 9.11.